The number of dihydropyridines is 1. The van der Waals surface area contributed by atoms with Gasteiger partial charge in [-0.05, 0) is 66.2 Å². The van der Waals surface area contributed by atoms with Crippen LogP contribution < -0.4 is 10.6 Å². The van der Waals surface area contributed by atoms with E-state index in [1.807, 2.05) is 48.9 Å². The molecule has 4 heterocycles. The van der Waals surface area contributed by atoms with Gasteiger partial charge in [-0.25, -0.2) is 4.98 Å². The number of anilines is 1. The molecule has 0 saturated heterocycles. The fourth-order valence-corrected chi connectivity index (χ4v) is 6.15. The van der Waals surface area contributed by atoms with Crippen LogP contribution in [0, 0.1) is 6.92 Å². The van der Waals surface area contributed by atoms with E-state index in [9.17, 15) is 9.59 Å². The largest absolute Gasteiger partial charge is 0.362 e. The zero-order valence-electron chi connectivity index (χ0n) is 17.8. The maximum atomic E-state index is 13.5. The molecule has 2 atom stereocenters. The normalized spacial score (nSPS) is 20.8. The second kappa shape index (κ2) is 8.48. The first-order chi connectivity index (χ1) is 15.5. The highest BCUT2D eigenvalue weighted by atomic mass is 32.1. The lowest BCUT2D eigenvalue weighted by Crippen LogP contribution is -2.36. The highest BCUT2D eigenvalue weighted by molar-refractivity contribution is 7.10. The molecular weight excluding hydrogens is 438 g/mol. The van der Waals surface area contributed by atoms with Gasteiger partial charge in [0.2, 0.25) is 0 Å². The molecule has 1 aliphatic heterocycles. The number of allylic oxidation sites excluding steroid dienone is 3. The third-order valence-corrected chi connectivity index (χ3v) is 7.76. The van der Waals surface area contributed by atoms with E-state index >= 15 is 0 Å². The van der Waals surface area contributed by atoms with E-state index in [-0.39, 0.29) is 23.5 Å². The summed E-state index contributed by atoms with van der Waals surface area (Å²) in [7, 11) is 0. The standard InChI is InChI=1S/C25H23N3O2S2/c1-14-5-3-7-21(26-14)28-25(30)22-15(2)27-18-11-17(20-6-4-9-32-20)12-19(29)24(18)23(22)16-8-10-31-13-16/h3-10,13,17,23,27H,11-12H2,1-2H3,(H,26,28,30)/t17-,23+/m1/s1. The predicted octanol–water partition coefficient (Wildman–Crippen LogP) is 5.51. The van der Waals surface area contributed by atoms with Crippen LogP contribution in [0.4, 0.5) is 5.82 Å². The average molecular weight is 462 g/mol. The van der Waals surface area contributed by atoms with Gasteiger partial charge in [0.1, 0.15) is 5.82 Å². The zero-order chi connectivity index (χ0) is 22.2. The molecule has 3 aromatic rings. The zero-order valence-corrected chi connectivity index (χ0v) is 19.5. The Balaban J connectivity index is 1.53. The molecule has 2 N–H and O–H groups in total. The van der Waals surface area contributed by atoms with Crippen molar-refractivity contribution in [1.29, 1.82) is 0 Å². The summed E-state index contributed by atoms with van der Waals surface area (Å²) in [6.45, 7) is 3.80. The van der Waals surface area contributed by atoms with Gasteiger partial charge in [-0.15, -0.1) is 11.3 Å². The van der Waals surface area contributed by atoms with Gasteiger partial charge < -0.3 is 10.6 Å². The van der Waals surface area contributed by atoms with Crippen molar-refractivity contribution in [3.05, 3.63) is 91.2 Å². The average Bonchev–Trinajstić information content (AvgIpc) is 3.47. The third kappa shape index (κ3) is 3.82. The Morgan fingerprint density at radius 1 is 1.12 bits per heavy atom. The molecule has 0 fully saturated rings. The summed E-state index contributed by atoms with van der Waals surface area (Å²) >= 11 is 3.27. The number of nitrogens with zero attached hydrogens (tertiary/aromatic N) is 1. The van der Waals surface area contributed by atoms with Crippen LogP contribution in [0.1, 0.15) is 47.7 Å². The summed E-state index contributed by atoms with van der Waals surface area (Å²) in [6, 6.07) is 11.7. The van der Waals surface area contributed by atoms with E-state index in [0.717, 1.165) is 34.6 Å². The molecule has 0 spiro atoms. The van der Waals surface area contributed by atoms with Gasteiger partial charge in [-0.3, -0.25) is 9.59 Å². The lowest BCUT2D eigenvalue weighted by molar-refractivity contribution is -0.116. The van der Waals surface area contributed by atoms with E-state index in [4.69, 9.17) is 0 Å². The van der Waals surface area contributed by atoms with Gasteiger partial charge >= 0.3 is 0 Å². The maximum absolute atomic E-state index is 13.5. The molecule has 5 rings (SSSR count). The quantitative estimate of drug-likeness (QED) is 0.537. The molecule has 2 aliphatic rings. The van der Waals surface area contributed by atoms with Crippen molar-refractivity contribution in [2.24, 2.45) is 0 Å². The second-order valence-corrected chi connectivity index (χ2v) is 9.97. The molecule has 162 valence electrons. The van der Waals surface area contributed by atoms with Crippen molar-refractivity contribution in [2.45, 2.75) is 38.5 Å². The third-order valence-electron chi connectivity index (χ3n) is 6.02. The van der Waals surface area contributed by atoms with Crippen molar-refractivity contribution in [3.8, 4) is 0 Å². The first-order valence-corrected chi connectivity index (χ1v) is 12.4. The Labute approximate surface area is 194 Å². The number of hydrogen-bond acceptors (Lipinski definition) is 6. The molecule has 3 aromatic heterocycles. The first kappa shape index (κ1) is 20.8. The number of carbonyl (C=O) groups is 2. The van der Waals surface area contributed by atoms with Crippen molar-refractivity contribution in [3.63, 3.8) is 0 Å². The Morgan fingerprint density at radius 3 is 2.72 bits per heavy atom. The number of rotatable bonds is 4. The summed E-state index contributed by atoms with van der Waals surface area (Å²) < 4.78 is 0. The molecule has 1 amide bonds. The SMILES string of the molecule is CC1=C(C(=O)Nc2cccc(C)n2)[C@H](c2ccsc2)C2=C(C[C@@H](c3cccs3)CC2=O)N1. The van der Waals surface area contributed by atoms with Gasteiger partial charge in [-0.1, -0.05) is 12.1 Å². The van der Waals surface area contributed by atoms with E-state index in [1.165, 1.54) is 4.88 Å². The number of pyridine rings is 1. The molecule has 1 aliphatic carbocycles. The number of nitrogens with one attached hydrogen (secondary N) is 2. The Morgan fingerprint density at radius 2 is 2.00 bits per heavy atom. The van der Waals surface area contributed by atoms with E-state index < -0.39 is 0 Å². The smallest absolute Gasteiger partial charge is 0.255 e. The van der Waals surface area contributed by atoms with Crippen LogP contribution in [-0.2, 0) is 9.59 Å². The second-order valence-electron chi connectivity index (χ2n) is 8.21. The number of amides is 1. The summed E-state index contributed by atoms with van der Waals surface area (Å²) in [6.07, 6.45) is 1.24. The van der Waals surface area contributed by atoms with E-state index in [0.29, 0.717) is 17.8 Å². The summed E-state index contributed by atoms with van der Waals surface area (Å²) in [5, 5.41) is 12.4. The number of ketones is 1. The van der Waals surface area contributed by atoms with Crippen LogP contribution in [0.5, 0.6) is 0 Å². The molecule has 0 saturated carbocycles. The van der Waals surface area contributed by atoms with Gasteiger partial charge in [0, 0.05) is 51.4 Å². The van der Waals surface area contributed by atoms with Gasteiger partial charge in [0.25, 0.3) is 5.91 Å². The van der Waals surface area contributed by atoms with E-state index in [1.54, 1.807) is 28.7 Å². The topological polar surface area (TPSA) is 71.1 Å². The minimum absolute atomic E-state index is 0.111. The van der Waals surface area contributed by atoms with E-state index in [2.05, 4.69) is 27.1 Å². The monoisotopic (exact) mass is 461 g/mol. The molecule has 0 aromatic carbocycles. The van der Waals surface area contributed by atoms with Crippen LogP contribution in [0.3, 0.4) is 0 Å². The van der Waals surface area contributed by atoms with Crippen molar-refractivity contribution < 1.29 is 9.59 Å². The Hall–Kier alpha value is -3.03. The molecule has 0 radical (unpaired) electrons. The van der Waals surface area contributed by atoms with Crippen LogP contribution in [0.2, 0.25) is 0 Å². The number of thiophene rings is 2. The van der Waals surface area contributed by atoms with Crippen LogP contribution in [0.15, 0.2) is 75.1 Å². The molecule has 32 heavy (non-hydrogen) atoms. The van der Waals surface area contributed by atoms with Crippen molar-refractivity contribution >= 4 is 40.2 Å². The molecule has 0 unspecified atom stereocenters. The Bertz CT molecular complexity index is 1240. The summed E-state index contributed by atoms with van der Waals surface area (Å²) in [5.41, 5.74) is 4.84. The highest BCUT2D eigenvalue weighted by Gasteiger charge is 2.41. The number of Topliss-reactive ketones (excluding diaryl/α,β-unsaturated/α-hetero) is 1. The number of carbonyl (C=O) groups excluding carboxylic acids is 2. The molecule has 0 bridgehead atoms. The van der Waals surface area contributed by atoms with Crippen LogP contribution in [-0.4, -0.2) is 16.7 Å². The predicted molar refractivity (Wildman–Crippen MR) is 129 cm³/mol. The van der Waals surface area contributed by atoms with Crippen molar-refractivity contribution in [2.75, 3.05) is 5.32 Å². The summed E-state index contributed by atoms with van der Waals surface area (Å²) in [5.74, 6) is 0.186. The van der Waals surface area contributed by atoms with Gasteiger partial charge in [-0.2, -0.15) is 11.3 Å². The maximum Gasteiger partial charge on any atom is 0.255 e. The fraction of sp³-hybridized carbons (Fsp3) is 0.240. The first-order valence-electron chi connectivity index (χ1n) is 10.6. The summed E-state index contributed by atoms with van der Waals surface area (Å²) in [4.78, 5) is 32.5. The van der Waals surface area contributed by atoms with Crippen LogP contribution >= 0.6 is 22.7 Å². The lowest BCUT2D eigenvalue weighted by atomic mass is 9.73. The minimum atomic E-state index is -0.376. The van der Waals surface area contributed by atoms with Gasteiger partial charge in [0.05, 0.1) is 0 Å². The van der Waals surface area contributed by atoms with Gasteiger partial charge in [0.15, 0.2) is 5.78 Å². The molecule has 5 nitrogen and oxygen atoms in total. The van der Waals surface area contributed by atoms with Crippen molar-refractivity contribution in [1.82, 2.24) is 10.3 Å². The number of aryl methyl sites for hydroxylation is 1. The highest BCUT2D eigenvalue weighted by Crippen LogP contribution is 2.46. The fourth-order valence-electron chi connectivity index (χ4n) is 4.63. The minimum Gasteiger partial charge on any atom is -0.362 e. The molecule has 7 heteroatoms. The Kier molecular flexibility index (Phi) is 5.53. The number of aromatic nitrogens is 1. The van der Waals surface area contributed by atoms with Crippen LogP contribution in [0.25, 0.3) is 0 Å². The molecular formula is C25H23N3O2S2. The lowest BCUT2D eigenvalue weighted by Gasteiger charge is -2.36. The number of hydrogen-bond donors (Lipinski definition) is 2.